The zero-order valence-electron chi connectivity index (χ0n) is 10.9. The first-order valence-corrected chi connectivity index (χ1v) is 5.69. The second-order valence-electron chi connectivity index (χ2n) is 4.97. The fraction of sp³-hybridized carbons (Fsp3) is 0.750. The summed E-state index contributed by atoms with van der Waals surface area (Å²) in [6, 6.07) is 0.426. The summed E-state index contributed by atoms with van der Waals surface area (Å²) in [7, 11) is 3.69. The molecule has 0 spiro atoms. The first kappa shape index (κ1) is 13.2. The lowest BCUT2D eigenvalue weighted by Gasteiger charge is -2.27. The normalized spacial score (nSPS) is 14.1. The van der Waals surface area contributed by atoms with Crippen LogP contribution < -0.4 is 5.32 Å². The molecule has 92 valence electrons. The summed E-state index contributed by atoms with van der Waals surface area (Å²) in [6.07, 6.45) is 4.91. The molecule has 4 nitrogen and oxygen atoms in total. The standard InChI is InChI=1S/C12H23N3O/c1-10(6-12(2,3)16-5)13-7-11-8-14-15(4)9-11/h8-10,13H,6-7H2,1-5H3. The monoisotopic (exact) mass is 225 g/mol. The Morgan fingerprint density at radius 1 is 1.56 bits per heavy atom. The van der Waals surface area contributed by atoms with Gasteiger partial charge in [-0.25, -0.2) is 0 Å². The highest BCUT2D eigenvalue weighted by atomic mass is 16.5. The van der Waals surface area contributed by atoms with Crippen molar-refractivity contribution in [3.8, 4) is 0 Å². The molecule has 0 amide bonds. The molecule has 1 unspecified atom stereocenters. The summed E-state index contributed by atoms with van der Waals surface area (Å²) < 4.78 is 7.23. The Morgan fingerprint density at radius 2 is 2.25 bits per heavy atom. The Labute approximate surface area is 98.0 Å². The predicted octanol–water partition coefficient (Wildman–Crippen LogP) is 1.71. The number of aryl methyl sites for hydroxylation is 1. The van der Waals surface area contributed by atoms with Gasteiger partial charge in [-0.3, -0.25) is 4.68 Å². The summed E-state index contributed by atoms with van der Waals surface area (Å²) in [5, 5.41) is 7.61. The molecule has 0 aliphatic carbocycles. The SMILES string of the molecule is COC(C)(C)CC(C)NCc1cnn(C)c1. The minimum atomic E-state index is -0.0681. The predicted molar refractivity (Wildman–Crippen MR) is 65.2 cm³/mol. The fourth-order valence-corrected chi connectivity index (χ4v) is 1.75. The number of ether oxygens (including phenoxy) is 1. The van der Waals surface area contributed by atoms with Crippen LogP contribution in [0.5, 0.6) is 0 Å². The van der Waals surface area contributed by atoms with Gasteiger partial charge in [-0.05, 0) is 27.2 Å². The van der Waals surface area contributed by atoms with E-state index < -0.39 is 0 Å². The van der Waals surface area contributed by atoms with Crippen LogP contribution in [0.4, 0.5) is 0 Å². The van der Waals surface area contributed by atoms with Crippen LogP contribution in [0.2, 0.25) is 0 Å². The number of rotatable bonds is 6. The van der Waals surface area contributed by atoms with Crippen LogP contribution in [-0.4, -0.2) is 28.5 Å². The Balaban J connectivity index is 2.33. The molecule has 1 N–H and O–H groups in total. The second kappa shape index (κ2) is 5.46. The molecule has 0 aliphatic heterocycles. The number of aromatic nitrogens is 2. The Morgan fingerprint density at radius 3 is 2.75 bits per heavy atom. The highest BCUT2D eigenvalue weighted by Crippen LogP contribution is 2.15. The zero-order valence-corrected chi connectivity index (χ0v) is 10.9. The van der Waals surface area contributed by atoms with E-state index in [2.05, 4.69) is 31.2 Å². The quantitative estimate of drug-likeness (QED) is 0.801. The van der Waals surface area contributed by atoms with E-state index in [0.29, 0.717) is 6.04 Å². The van der Waals surface area contributed by atoms with E-state index in [1.807, 2.05) is 24.1 Å². The topological polar surface area (TPSA) is 39.1 Å². The average molecular weight is 225 g/mol. The lowest BCUT2D eigenvalue weighted by Crippen LogP contribution is -2.35. The fourth-order valence-electron chi connectivity index (χ4n) is 1.75. The molecule has 4 heteroatoms. The minimum Gasteiger partial charge on any atom is -0.379 e. The third kappa shape index (κ3) is 4.33. The van der Waals surface area contributed by atoms with Gasteiger partial charge in [0, 0.05) is 38.5 Å². The largest absolute Gasteiger partial charge is 0.379 e. The van der Waals surface area contributed by atoms with Crippen molar-refractivity contribution in [3.63, 3.8) is 0 Å². The number of nitrogens with one attached hydrogen (secondary N) is 1. The van der Waals surface area contributed by atoms with Crippen molar-refractivity contribution in [2.45, 2.75) is 45.4 Å². The molecule has 1 heterocycles. The smallest absolute Gasteiger partial charge is 0.0637 e. The van der Waals surface area contributed by atoms with Gasteiger partial charge < -0.3 is 10.1 Å². The van der Waals surface area contributed by atoms with Crippen LogP contribution in [0.25, 0.3) is 0 Å². The van der Waals surface area contributed by atoms with Crippen LogP contribution in [0.1, 0.15) is 32.8 Å². The molecule has 1 aromatic rings. The van der Waals surface area contributed by atoms with Crippen LogP contribution in [-0.2, 0) is 18.3 Å². The molecule has 0 radical (unpaired) electrons. The molecule has 0 bridgehead atoms. The maximum atomic E-state index is 5.41. The highest BCUT2D eigenvalue weighted by molar-refractivity contribution is 5.03. The minimum absolute atomic E-state index is 0.0681. The lowest BCUT2D eigenvalue weighted by atomic mass is 10.00. The summed E-state index contributed by atoms with van der Waals surface area (Å²) in [6.45, 7) is 7.25. The van der Waals surface area contributed by atoms with E-state index in [0.717, 1.165) is 13.0 Å². The molecule has 0 aliphatic rings. The van der Waals surface area contributed by atoms with Gasteiger partial charge in [-0.2, -0.15) is 5.10 Å². The molecule has 0 saturated carbocycles. The molecular formula is C12H23N3O. The van der Waals surface area contributed by atoms with Crippen LogP contribution in [0, 0.1) is 0 Å². The Bertz CT molecular complexity index is 320. The van der Waals surface area contributed by atoms with Crippen LogP contribution in [0.3, 0.4) is 0 Å². The van der Waals surface area contributed by atoms with Gasteiger partial charge in [-0.1, -0.05) is 0 Å². The molecule has 0 saturated heterocycles. The molecule has 0 fully saturated rings. The van der Waals surface area contributed by atoms with Gasteiger partial charge >= 0.3 is 0 Å². The number of methoxy groups -OCH3 is 1. The maximum Gasteiger partial charge on any atom is 0.0637 e. The Hall–Kier alpha value is -0.870. The third-order valence-electron chi connectivity index (χ3n) is 2.76. The van der Waals surface area contributed by atoms with Gasteiger partial charge in [0.2, 0.25) is 0 Å². The molecule has 1 rings (SSSR count). The third-order valence-corrected chi connectivity index (χ3v) is 2.76. The summed E-state index contributed by atoms with van der Waals surface area (Å²) >= 11 is 0. The van der Waals surface area contributed by atoms with Crippen molar-refractivity contribution < 1.29 is 4.74 Å². The van der Waals surface area contributed by atoms with Gasteiger partial charge in [0.25, 0.3) is 0 Å². The second-order valence-corrected chi connectivity index (χ2v) is 4.97. The van der Waals surface area contributed by atoms with Crippen LogP contribution in [0.15, 0.2) is 12.4 Å². The highest BCUT2D eigenvalue weighted by Gasteiger charge is 2.19. The lowest BCUT2D eigenvalue weighted by molar-refractivity contribution is 0.00844. The first-order valence-electron chi connectivity index (χ1n) is 5.69. The number of hydrogen-bond donors (Lipinski definition) is 1. The Kier molecular flexibility index (Phi) is 4.50. The molecule has 1 atom stereocenters. The summed E-state index contributed by atoms with van der Waals surface area (Å²) in [5.41, 5.74) is 1.14. The van der Waals surface area contributed by atoms with Gasteiger partial charge in [0.05, 0.1) is 11.8 Å². The summed E-state index contributed by atoms with van der Waals surface area (Å²) in [5.74, 6) is 0. The van der Waals surface area contributed by atoms with Crippen molar-refractivity contribution in [3.05, 3.63) is 18.0 Å². The van der Waals surface area contributed by atoms with E-state index in [1.54, 1.807) is 7.11 Å². The molecule has 0 aromatic carbocycles. The van der Waals surface area contributed by atoms with E-state index in [9.17, 15) is 0 Å². The van der Waals surface area contributed by atoms with E-state index >= 15 is 0 Å². The molecular weight excluding hydrogens is 202 g/mol. The van der Waals surface area contributed by atoms with E-state index in [4.69, 9.17) is 4.74 Å². The van der Waals surface area contributed by atoms with Gasteiger partial charge in [0.1, 0.15) is 0 Å². The van der Waals surface area contributed by atoms with Gasteiger partial charge in [-0.15, -0.1) is 0 Å². The van der Waals surface area contributed by atoms with Crippen molar-refractivity contribution in [2.75, 3.05) is 7.11 Å². The average Bonchev–Trinajstić information content (AvgIpc) is 2.61. The molecule has 16 heavy (non-hydrogen) atoms. The van der Waals surface area contributed by atoms with Crippen molar-refractivity contribution in [1.82, 2.24) is 15.1 Å². The molecule has 1 aromatic heterocycles. The number of hydrogen-bond acceptors (Lipinski definition) is 3. The summed E-state index contributed by atoms with van der Waals surface area (Å²) in [4.78, 5) is 0. The van der Waals surface area contributed by atoms with Crippen LogP contribution >= 0.6 is 0 Å². The van der Waals surface area contributed by atoms with Gasteiger partial charge in [0.15, 0.2) is 0 Å². The zero-order chi connectivity index (χ0) is 12.2. The maximum absolute atomic E-state index is 5.41. The van der Waals surface area contributed by atoms with E-state index in [-0.39, 0.29) is 5.60 Å². The number of nitrogens with zero attached hydrogens (tertiary/aromatic N) is 2. The van der Waals surface area contributed by atoms with Crippen molar-refractivity contribution in [2.24, 2.45) is 7.05 Å². The van der Waals surface area contributed by atoms with E-state index in [1.165, 1.54) is 5.56 Å². The van der Waals surface area contributed by atoms with Crippen molar-refractivity contribution >= 4 is 0 Å². The van der Waals surface area contributed by atoms with Crippen molar-refractivity contribution in [1.29, 1.82) is 0 Å². The first-order chi connectivity index (χ1) is 7.43.